The summed E-state index contributed by atoms with van der Waals surface area (Å²) in [5.41, 5.74) is 1.46. The van der Waals surface area contributed by atoms with Gasteiger partial charge in [-0.2, -0.15) is 0 Å². The third kappa shape index (κ3) is 4.68. The molecule has 2 saturated carbocycles. The fraction of sp³-hybridized carbons (Fsp3) is 0.273. The highest BCUT2D eigenvalue weighted by Crippen LogP contribution is 2.69. The normalized spacial score (nSPS) is 27.4. The lowest BCUT2D eigenvalue weighted by Gasteiger charge is -2.43. The van der Waals surface area contributed by atoms with Gasteiger partial charge >= 0.3 is 4.87 Å². The molecular weight excluding hydrogens is 656 g/mol. The number of hydrogen-bond acceptors (Lipinski definition) is 7. The molecule has 4 aliphatic rings. The van der Waals surface area contributed by atoms with Crippen LogP contribution in [0.1, 0.15) is 22.8 Å². The van der Waals surface area contributed by atoms with Crippen LogP contribution in [0.5, 0.6) is 5.75 Å². The van der Waals surface area contributed by atoms with Gasteiger partial charge in [-0.1, -0.05) is 22.9 Å². The molecular formula is C33H24ClF2N3O5S2. The topological polar surface area (TPSA) is 109 Å². The van der Waals surface area contributed by atoms with Crippen molar-refractivity contribution in [1.82, 2.24) is 4.98 Å². The third-order valence-corrected chi connectivity index (χ3v) is 12.4. The summed E-state index contributed by atoms with van der Waals surface area (Å²) in [5.74, 6) is -3.34. The Kier molecular flexibility index (Phi) is 7.07. The Morgan fingerprint density at radius 2 is 1.63 bits per heavy atom. The van der Waals surface area contributed by atoms with Gasteiger partial charge in [0, 0.05) is 32.3 Å². The number of amides is 3. The molecule has 46 heavy (non-hydrogen) atoms. The second-order valence-electron chi connectivity index (χ2n) is 12.0. The fourth-order valence-electron chi connectivity index (χ4n) is 7.98. The molecule has 4 unspecified atom stereocenters. The number of thiazole rings is 1. The summed E-state index contributed by atoms with van der Waals surface area (Å²) in [6, 6.07) is 15.9. The van der Waals surface area contributed by atoms with Crippen LogP contribution in [0.3, 0.4) is 0 Å². The van der Waals surface area contributed by atoms with Gasteiger partial charge in [0.2, 0.25) is 11.8 Å². The highest BCUT2D eigenvalue weighted by Gasteiger charge is 2.69. The molecule has 3 aromatic carbocycles. The minimum Gasteiger partial charge on any atom is -0.483 e. The van der Waals surface area contributed by atoms with E-state index in [4.69, 9.17) is 16.3 Å². The molecule has 1 aromatic heterocycles. The maximum atomic E-state index is 13.9. The molecule has 0 radical (unpaired) electrons. The fourth-order valence-corrected chi connectivity index (χ4v) is 11.0. The van der Waals surface area contributed by atoms with Crippen LogP contribution in [0.25, 0.3) is 0 Å². The maximum Gasteiger partial charge on any atom is 0.305 e. The number of aromatic nitrogens is 1. The average Bonchev–Trinajstić information content (AvgIpc) is 3.77. The Morgan fingerprint density at radius 3 is 2.35 bits per heavy atom. The van der Waals surface area contributed by atoms with Gasteiger partial charge in [0.25, 0.3) is 5.91 Å². The van der Waals surface area contributed by atoms with Crippen LogP contribution >= 0.6 is 34.7 Å². The van der Waals surface area contributed by atoms with Gasteiger partial charge in [-0.05, 0) is 90.9 Å². The molecule has 3 heterocycles. The SMILES string of the molecule is O=C(COc1ccc(Cl)cc1[C@H]1c2sc(=O)[nH]c2SC2C1[C@H]1C[C@@H]2C2C(=O)N(c3ccc(F)cc3)C(=O)C21)Nc1ccc(F)cc1. The van der Waals surface area contributed by atoms with E-state index in [1.165, 1.54) is 53.4 Å². The number of carbonyl (C=O) groups excluding carboxylic acids is 3. The number of H-pyrrole nitrogens is 1. The largest absolute Gasteiger partial charge is 0.483 e. The van der Waals surface area contributed by atoms with Crippen LogP contribution in [0.4, 0.5) is 20.2 Å². The van der Waals surface area contributed by atoms with Crippen molar-refractivity contribution in [1.29, 1.82) is 0 Å². The number of aromatic amines is 1. The van der Waals surface area contributed by atoms with Gasteiger partial charge in [-0.15, -0.1) is 11.8 Å². The number of anilines is 2. The zero-order valence-corrected chi connectivity index (χ0v) is 26.1. The maximum absolute atomic E-state index is 13.9. The number of ether oxygens (including phenoxy) is 1. The molecule has 8 rings (SSSR count). The van der Waals surface area contributed by atoms with Crippen molar-refractivity contribution in [3.8, 4) is 5.75 Å². The first-order chi connectivity index (χ1) is 22.2. The molecule has 1 saturated heterocycles. The number of imide groups is 1. The molecule has 2 N–H and O–H groups in total. The van der Waals surface area contributed by atoms with Gasteiger partial charge in [0.05, 0.1) is 22.5 Å². The first-order valence-corrected chi connectivity index (χ1v) is 16.8. The number of carbonyl (C=O) groups is 3. The van der Waals surface area contributed by atoms with Crippen molar-refractivity contribution in [2.45, 2.75) is 22.6 Å². The van der Waals surface area contributed by atoms with Gasteiger partial charge in [0.1, 0.15) is 17.4 Å². The summed E-state index contributed by atoms with van der Waals surface area (Å²) in [6.45, 7) is -0.339. The highest BCUT2D eigenvalue weighted by atomic mass is 35.5. The third-order valence-electron chi connectivity index (χ3n) is 9.60. The number of rotatable bonds is 6. The predicted molar refractivity (Wildman–Crippen MR) is 169 cm³/mol. The monoisotopic (exact) mass is 679 g/mol. The zero-order valence-electron chi connectivity index (χ0n) is 23.7. The molecule has 2 bridgehead atoms. The highest BCUT2D eigenvalue weighted by molar-refractivity contribution is 8.00. The second kappa shape index (κ2) is 11.1. The Labute approximate surface area is 274 Å². The Hall–Kier alpha value is -4.00. The number of halogens is 3. The molecule has 0 spiro atoms. The molecule has 7 atom stereocenters. The van der Waals surface area contributed by atoms with Crippen molar-refractivity contribution in [2.24, 2.45) is 29.6 Å². The molecule has 13 heteroatoms. The van der Waals surface area contributed by atoms with Crippen LogP contribution in [0.15, 0.2) is 76.6 Å². The van der Waals surface area contributed by atoms with Crippen molar-refractivity contribution in [2.75, 3.05) is 16.8 Å². The van der Waals surface area contributed by atoms with Crippen LogP contribution in [-0.4, -0.2) is 34.6 Å². The number of thioether (sulfide) groups is 1. The zero-order chi connectivity index (χ0) is 31.9. The summed E-state index contributed by atoms with van der Waals surface area (Å²) in [6.07, 6.45) is 0.679. The number of benzene rings is 3. The molecule has 3 amide bonds. The van der Waals surface area contributed by atoms with E-state index in [0.29, 0.717) is 34.1 Å². The van der Waals surface area contributed by atoms with Gasteiger partial charge in [-0.25, -0.2) is 8.78 Å². The van der Waals surface area contributed by atoms with E-state index in [1.54, 1.807) is 30.0 Å². The molecule has 4 aromatic rings. The summed E-state index contributed by atoms with van der Waals surface area (Å²) in [4.78, 5) is 58.0. The van der Waals surface area contributed by atoms with Crippen LogP contribution in [-0.2, 0) is 14.4 Å². The lowest BCUT2D eigenvalue weighted by atomic mass is 9.68. The molecule has 8 nitrogen and oxygen atoms in total. The number of nitrogens with zero attached hydrogens (tertiary/aromatic N) is 1. The predicted octanol–water partition coefficient (Wildman–Crippen LogP) is 6.06. The Balaban J connectivity index is 1.14. The van der Waals surface area contributed by atoms with E-state index in [-0.39, 0.29) is 46.3 Å². The van der Waals surface area contributed by atoms with Crippen LogP contribution in [0, 0.1) is 41.2 Å². The summed E-state index contributed by atoms with van der Waals surface area (Å²) in [5, 5.41) is 3.76. The summed E-state index contributed by atoms with van der Waals surface area (Å²) < 4.78 is 33.0. The van der Waals surface area contributed by atoms with Crippen molar-refractivity contribution in [3.63, 3.8) is 0 Å². The van der Waals surface area contributed by atoms with E-state index in [2.05, 4.69) is 10.3 Å². The second-order valence-corrected chi connectivity index (χ2v) is 14.6. The number of hydrogen-bond donors (Lipinski definition) is 2. The first-order valence-electron chi connectivity index (χ1n) is 14.7. The summed E-state index contributed by atoms with van der Waals surface area (Å²) >= 11 is 9.18. The van der Waals surface area contributed by atoms with E-state index < -0.39 is 35.3 Å². The molecule has 234 valence electrons. The molecule has 2 aliphatic heterocycles. The lowest BCUT2D eigenvalue weighted by molar-refractivity contribution is -0.123. The van der Waals surface area contributed by atoms with Crippen molar-refractivity contribution < 1.29 is 27.9 Å². The number of fused-ring (bicyclic) bond motifs is 9. The van der Waals surface area contributed by atoms with Crippen LogP contribution in [0.2, 0.25) is 5.02 Å². The van der Waals surface area contributed by atoms with Crippen LogP contribution < -0.4 is 19.8 Å². The standard InChI is InChI=1S/C33H24ClF2N3O5S2/c34-14-1-10-22(44-13-23(40)37-17-6-2-15(35)3-7-17)19(11-14)24-25-20-12-21(28(25)45-30-29(24)46-33(43)38-30)27-26(20)31(41)39(32(27)42)18-8-4-16(36)5-9-18/h1-11,20-21,24-28H,12-13H2,(H,37,40)(H,38,43)/t20-,21-,24-,25?,26?,27?,28?/m1/s1. The van der Waals surface area contributed by atoms with Crippen molar-refractivity contribution in [3.05, 3.63) is 103 Å². The lowest BCUT2D eigenvalue weighted by Crippen LogP contribution is -2.42. The van der Waals surface area contributed by atoms with Gasteiger partial charge in [-0.3, -0.25) is 24.1 Å². The Bertz CT molecular complexity index is 1970. The van der Waals surface area contributed by atoms with E-state index in [0.717, 1.165) is 21.2 Å². The molecule has 2 aliphatic carbocycles. The number of nitrogens with one attached hydrogen (secondary N) is 2. The molecule has 3 fully saturated rings. The average molecular weight is 680 g/mol. The first kappa shape index (κ1) is 29.4. The minimum absolute atomic E-state index is 0.0764. The van der Waals surface area contributed by atoms with E-state index in [1.807, 2.05) is 0 Å². The minimum atomic E-state index is -0.547. The Morgan fingerprint density at radius 1 is 0.957 bits per heavy atom. The van der Waals surface area contributed by atoms with E-state index >= 15 is 0 Å². The van der Waals surface area contributed by atoms with Gasteiger partial charge in [0.15, 0.2) is 6.61 Å². The summed E-state index contributed by atoms with van der Waals surface area (Å²) in [7, 11) is 0. The van der Waals surface area contributed by atoms with Gasteiger partial charge < -0.3 is 15.0 Å². The quantitative estimate of drug-likeness (QED) is 0.240. The smallest absolute Gasteiger partial charge is 0.305 e. The van der Waals surface area contributed by atoms with Crippen molar-refractivity contribution >= 4 is 63.8 Å². The van der Waals surface area contributed by atoms with E-state index in [9.17, 15) is 28.0 Å².